The van der Waals surface area contributed by atoms with E-state index < -0.39 is 5.97 Å². The zero-order valence-electron chi connectivity index (χ0n) is 11.4. The maximum atomic E-state index is 10.6. The topological polar surface area (TPSA) is 49.7 Å². The van der Waals surface area contributed by atoms with Crippen molar-refractivity contribution in [2.24, 2.45) is 4.99 Å². The van der Waals surface area contributed by atoms with Crippen molar-refractivity contribution in [2.45, 2.75) is 12.8 Å². The highest BCUT2D eigenvalue weighted by Crippen LogP contribution is 2.20. The fraction of sp³-hybridized carbons (Fsp3) is 0.176. The van der Waals surface area contributed by atoms with Crippen LogP contribution >= 0.6 is 0 Å². The van der Waals surface area contributed by atoms with Crippen molar-refractivity contribution in [3.05, 3.63) is 60.2 Å². The van der Waals surface area contributed by atoms with Gasteiger partial charge in [0.2, 0.25) is 0 Å². The van der Waals surface area contributed by atoms with Crippen LogP contribution in [-0.2, 0) is 4.79 Å². The highest BCUT2D eigenvalue weighted by molar-refractivity contribution is 6.01. The average molecular weight is 267 g/mol. The number of benzene rings is 2. The smallest absolute Gasteiger partial charge is 0.303 e. The van der Waals surface area contributed by atoms with E-state index in [1.807, 2.05) is 42.5 Å². The second-order valence-corrected chi connectivity index (χ2v) is 4.51. The van der Waals surface area contributed by atoms with Gasteiger partial charge in [0.15, 0.2) is 0 Å². The van der Waals surface area contributed by atoms with Crippen LogP contribution in [0.2, 0.25) is 0 Å². The zero-order chi connectivity index (χ0) is 14.4. The van der Waals surface area contributed by atoms with Crippen LogP contribution in [0.1, 0.15) is 18.4 Å². The molecule has 3 heteroatoms. The molecule has 0 saturated carbocycles. The first kappa shape index (κ1) is 14.0. The number of hydrogen-bond donors (Lipinski definition) is 1. The van der Waals surface area contributed by atoms with Crippen LogP contribution in [-0.4, -0.2) is 23.8 Å². The molecule has 2 rings (SSSR count). The molecular formula is C17H17NO2. The minimum atomic E-state index is -0.799. The Morgan fingerprint density at radius 3 is 2.10 bits per heavy atom. The predicted molar refractivity (Wildman–Crippen MR) is 81.2 cm³/mol. The van der Waals surface area contributed by atoms with Crippen LogP contribution in [0.15, 0.2) is 59.6 Å². The number of rotatable bonds is 5. The summed E-state index contributed by atoms with van der Waals surface area (Å²) < 4.78 is 0. The van der Waals surface area contributed by atoms with Gasteiger partial charge in [0.05, 0.1) is 6.42 Å². The lowest BCUT2D eigenvalue weighted by atomic mass is 10.0. The molecule has 0 aromatic heterocycles. The standard InChI is InChI=1S/C17H17NO2/c1-18-16(11-12-17(19)20)15-9-7-14(8-10-15)13-5-3-2-4-6-13/h2-10H,11-12H2,1H3,(H,19,20). The molecule has 0 unspecified atom stereocenters. The monoisotopic (exact) mass is 267 g/mol. The molecule has 0 radical (unpaired) electrons. The minimum Gasteiger partial charge on any atom is -0.481 e. The van der Waals surface area contributed by atoms with E-state index in [0.29, 0.717) is 6.42 Å². The van der Waals surface area contributed by atoms with Crippen LogP contribution in [0.5, 0.6) is 0 Å². The molecule has 3 nitrogen and oxygen atoms in total. The molecule has 0 aliphatic heterocycles. The van der Waals surface area contributed by atoms with E-state index in [0.717, 1.165) is 16.8 Å². The molecule has 0 bridgehead atoms. The van der Waals surface area contributed by atoms with E-state index in [9.17, 15) is 4.79 Å². The molecule has 20 heavy (non-hydrogen) atoms. The predicted octanol–water partition coefficient (Wildman–Crippen LogP) is 3.64. The maximum Gasteiger partial charge on any atom is 0.303 e. The minimum absolute atomic E-state index is 0.104. The summed E-state index contributed by atoms with van der Waals surface area (Å²) in [7, 11) is 1.70. The summed E-state index contributed by atoms with van der Waals surface area (Å²) in [5.41, 5.74) is 4.11. The molecule has 2 aromatic rings. The summed E-state index contributed by atoms with van der Waals surface area (Å²) in [5, 5.41) is 8.74. The van der Waals surface area contributed by atoms with Gasteiger partial charge in [0.25, 0.3) is 0 Å². The third kappa shape index (κ3) is 3.54. The first-order valence-corrected chi connectivity index (χ1v) is 6.54. The van der Waals surface area contributed by atoms with Crippen molar-refractivity contribution in [2.75, 3.05) is 7.05 Å². The Labute approximate surface area is 118 Å². The van der Waals surface area contributed by atoms with Gasteiger partial charge in [-0.1, -0.05) is 54.6 Å². The van der Waals surface area contributed by atoms with Gasteiger partial charge < -0.3 is 5.11 Å². The zero-order valence-corrected chi connectivity index (χ0v) is 11.4. The quantitative estimate of drug-likeness (QED) is 0.841. The van der Waals surface area contributed by atoms with Gasteiger partial charge in [-0.05, 0) is 16.7 Å². The van der Waals surface area contributed by atoms with Gasteiger partial charge in [-0.2, -0.15) is 0 Å². The van der Waals surface area contributed by atoms with Crippen molar-refractivity contribution in [3.8, 4) is 11.1 Å². The van der Waals surface area contributed by atoms with Crippen molar-refractivity contribution in [1.29, 1.82) is 0 Å². The van der Waals surface area contributed by atoms with Gasteiger partial charge in [0, 0.05) is 19.2 Å². The first-order chi connectivity index (χ1) is 9.70. The van der Waals surface area contributed by atoms with Crippen LogP contribution in [0, 0.1) is 0 Å². The van der Waals surface area contributed by atoms with Gasteiger partial charge in [-0.3, -0.25) is 9.79 Å². The van der Waals surface area contributed by atoms with Crippen molar-refractivity contribution in [1.82, 2.24) is 0 Å². The van der Waals surface area contributed by atoms with Crippen LogP contribution in [0.3, 0.4) is 0 Å². The van der Waals surface area contributed by atoms with Crippen LogP contribution in [0.25, 0.3) is 11.1 Å². The number of aliphatic imine (C=N–C) groups is 1. The molecule has 0 saturated heterocycles. The summed E-state index contributed by atoms with van der Waals surface area (Å²) in [6, 6.07) is 18.2. The van der Waals surface area contributed by atoms with Gasteiger partial charge >= 0.3 is 5.97 Å². The Hall–Kier alpha value is -2.42. The molecule has 0 amide bonds. The number of carbonyl (C=O) groups is 1. The van der Waals surface area contributed by atoms with E-state index >= 15 is 0 Å². The van der Waals surface area contributed by atoms with Crippen molar-refractivity contribution in [3.63, 3.8) is 0 Å². The number of hydrogen-bond acceptors (Lipinski definition) is 2. The normalized spacial score (nSPS) is 11.3. The number of nitrogens with zero attached hydrogens (tertiary/aromatic N) is 1. The SMILES string of the molecule is CN=C(CCC(=O)O)c1ccc(-c2ccccc2)cc1. The molecular weight excluding hydrogens is 250 g/mol. The third-order valence-corrected chi connectivity index (χ3v) is 3.17. The Morgan fingerprint density at radius 1 is 0.950 bits per heavy atom. The molecule has 0 spiro atoms. The van der Waals surface area contributed by atoms with Crippen LogP contribution in [0.4, 0.5) is 0 Å². The molecule has 0 aliphatic carbocycles. The highest BCUT2D eigenvalue weighted by Gasteiger charge is 2.06. The van der Waals surface area contributed by atoms with Gasteiger partial charge in [-0.25, -0.2) is 0 Å². The second-order valence-electron chi connectivity index (χ2n) is 4.51. The largest absolute Gasteiger partial charge is 0.481 e. The first-order valence-electron chi connectivity index (χ1n) is 6.54. The highest BCUT2D eigenvalue weighted by atomic mass is 16.4. The van der Waals surface area contributed by atoms with Crippen molar-refractivity contribution < 1.29 is 9.90 Å². The van der Waals surface area contributed by atoms with Crippen molar-refractivity contribution >= 4 is 11.7 Å². The fourth-order valence-corrected chi connectivity index (χ4v) is 2.10. The Bertz CT molecular complexity index is 601. The van der Waals surface area contributed by atoms with Crippen LogP contribution < -0.4 is 0 Å². The maximum absolute atomic E-state index is 10.6. The fourth-order valence-electron chi connectivity index (χ4n) is 2.10. The van der Waals surface area contributed by atoms with E-state index in [1.54, 1.807) is 7.05 Å². The van der Waals surface area contributed by atoms with Gasteiger partial charge in [-0.15, -0.1) is 0 Å². The lowest BCUT2D eigenvalue weighted by Crippen LogP contribution is -2.05. The molecule has 2 aromatic carbocycles. The average Bonchev–Trinajstić information content (AvgIpc) is 2.49. The van der Waals surface area contributed by atoms with Gasteiger partial charge in [0.1, 0.15) is 0 Å². The number of carboxylic acids is 1. The summed E-state index contributed by atoms with van der Waals surface area (Å²) >= 11 is 0. The van der Waals surface area contributed by atoms with E-state index in [1.165, 1.54) is 5.56 Å². The summed E-state index contributed by atoms with van der Waals surface area (Å²) in [4.78, 5) is 14.8. The molecule has 0 heterocycles. The van der Waals surface area contributed by atoms with E-state index in [2.05, 4.69) is 17.1 Å². The van der Waals surface area contributed by atoms with E-state index in [4.69, 9.17) is 5.11 Å². The second kappa shape index (κ2) is 6.66. The molecule has 0 fully saturated rings. The Morgan fingerprint density at radius 2 is 1.55 bits per heavy atom. The Kier molecular flexibility index (Phi) is 4.66. The lowest BCUT2D eigenvalue weighted by molar-refractivity contribution is -0.136. The molecule has 102 valence electrons. The summed E-state index contributed by atoms with van der Waals surface area (Å²) in [6.07, 6.45) is 0.559. The number of carboxylic acid groups (broad SMARTS) is 1. The Balaban J connectivity index is 2.17. The summed E-state index contributed by atoms with van der Waals surface area (Å²) in [6.45, 7) is 0. The molecule has 0 atom stereocenters. The lowest BCUT2D eigenvalue weighted by Gasteiger charge is -2.06. The molecule has 1 N–H and O–H groups in total. The summed E-state index contributed by atoms with van der Waals surface area (Å²) in [5.74, 6) is -0.799. The number of aliphatic carboxylic acids is 1. The molecule has 0 aliphatic rings. The third-order valence-electron chi connectivity index (χ3n) is 3.17. The van der Waals surface area contributed by atoms with E-state index in [-0.39, 0.29) is 6.42 Å².